The third-order valence-electron chi connectivity index (χ3n) is 9.04. The van der Waals surface area contributed by atoms with E-state index < -0.39 is 0 Å². The van der Waals surface area contributed by atoms with Gasteiger partial charge in [-0.15, -0.1) is 6.42 Å². The van der Waals surface area contributed by atoms with Crippen LogP contribution in [0.3, 0.4) is 0 Å². The number of benzene rings is 3. The number of allylic oxidation sites excluding steroid dienone is 6. The Kier molecular flexibility index (Phi) is 9.03. The normalized spacial score (nSPS) is 20.9. The number of aryl methyl sites for hydroxylation is 1. The second kappa shape index (κ2) is 13.0. The Bertz CT molecular complexity index is 1400. The minimum absolute atomic E-state index is 0.339. The van der Waals surface area contributed by atoms with Crippen LogP contribution in [0.15, 0.2) is 127 Å². The van der Waals surface area contributed by atoms with Crippen molar-refractivity contribution in [2.24, 2.45) is 11.8 Å². The smallest absolute Gasteiger partial charge is 0.0242 e. The van der Waals surface area contributed by atoms with Gasteiger partial charge in [-0.2, -0.15) is 0 Å². The van der Waals surface area contributed by atoms with Gasteiger partial charge in [0.05, 0.1) is 0 Å². The van der Waals surface area contributed by atoms with Gasteiger partial charge in [0.1, 0.15) is 0 Å². The van der Waals surface area contributed by atoms with Crippen molar-refractivity contribution in [3.05, 3.63) is 155 Å². The quantitative estimate of drug-likeness (QED) is 0.183. The zero-order chi connectivity index (χ0) is 27.9. The fourth-order valence-corrected chi connectivity index (χ4v) is 6.67. The van der Waals surface area contributed by atoms with Gasteiger partial charge in [-0.05, 0) is 104 Å². The molecule has 3 aromatic rings. The van der Waals surface area contributed by atoms with Gasteiger partial charge >= 0.3 is 0 Å². The summed E-state index contributed by atoms with van der Waals surface area (Å²) in [4.78, 5) is 0. The molecular weight excluding hydrogens is 480 g/mol. The lowest BCUT2D eigenvalue weighted by molar-refractivity contribution is 0.252. The van der Waals surface area contributed by atoms with Gasteiger partial charge in [0.2, 0.25) is 0 Å². The fourth-order valence-electron chi connectivity index (χ4n) is 6.67. The topological polar surface area (TPSA) is 0 Å². The Hall–Kier alpha value is -3.82. The fraction of sp³-hybridized carbons (Fsp3) is 0.300. The molecule has 0 spiro atoms. The molecule has 5 rings (SSSR count). The zero-order valence-corrected chi connectivity index (χ0v) is 24.0. The van der Waals surface area contributed by atoms with Gasteiger partial charge in [-0.1, -0.05) is 115 Å². The van der Waals surface area contributed by atoms with Crippen LogP contribution in [0.4, 0.5) is 0 Å². The largest absolute Gasteiger partial charge is 0.115 e. The van der Waals surface area contributed by atoms with Crippen LogP contribution in [0.5, 0.6) is 0 Å². The average molecular weight is 523 g/mol. The Morgan fingerprint density at radius 2 is 1.57 bits per heavy atom. The maximum absolute atomic E-state index is 5.54. The van der Waals surface area contributed by atoms with Crippen LogP contribution in [0.1, 0.15) is 78.7 Å². The summed E-state index contributed by atoms with van der Waals surface area (Å²) in [6, 6.07) is 28.9. The summed E-state index contributed by atoms with van der Waals surface area (Å²) < 4.78 is 0. The summed E-state index contributed by atoms with van der Waals surface area (Å²) in [6.45, 7) is 10.9. The van der Waals surface area contributed by atoms with Gasteiger partial charge in [0.15, 0.2) is 0 Å². The Balaban J connectivity index is 1.29. The molecule has 0 aliphatic heterocycles. The highest BCUT2D eigenvalue weighted by Gasteiger charge is 2.30. The molecule has 1 fully saturated rings. The Morgan fingerprint density at radius 3 is 2.20 bits per heavy atom. The van der Waals surface area contributed by atoms with Crippen molar-refractivity contribution in [2.75, 3.05) is 0 Å². The SMILES string of the molecule is C#Cc1ccc(CC2CCC(C(C(=C)CCc3ccccc3)c3ccc(C4C=CC(C(=C)C)=C4)cc3)CC2)cc1. The summed E-state index contributed by atoms with van der Waals surface area (Å²) in [5, 5.41) is 0. The molecule has 2 atom stereocenters. The van der Waals surface area contributed by atoms with Crippen molar-refractivity contribution >= 4 is 0 Å². The molecule has 0 aromatic heterocycles. The lowest BCUT2D eigenvalue weighted by Gasteiger charge is -2.36. The van der Waals surface area contributed by atoms with Crippen LogP contribution in [0.2, 0.25) is 0 Å². The molecule has 0 nitrogen and oxygen atoms in total. The maximum atomic E-state index is 5.54. The minimum atomic E-state index is 0.339. The zero-order valence-electron chi connectivity index (χ0n) is 24.0. The summed E-state index contributed by atoms with van der Waals surface area (Å²) in [6.07, 6.45) is 20.7. The van der Waals surface area contributed by atoms with E-state index in [4.69, 9.17) is 13.0 Å². The first kappa shape index (κ1) is 27.7. The molecule has 0 heteroatoms. The molecule has 0 N–H and O–H groups in total. The van der Waals surface area contributed by atoms with Gasteiger partial charge in [-0.3, -0.25) is 0 Å². The first-order valence-electron chi connectivity index (χ1n) is 14.9. The van der Waals surface area contributed by atoms with E-state index in [-0.39, 0.29) is 0 Å². The van der Waals surface area contributed by atoms with Gasteiger partial charge in [-0.25, -0.2) is 0 Å². The molecule has 1 saturated carbocycles. The number of hydrogen-bond donors (Lipinski definition) is 0. The van der Waals surface area contributed by atoms with Crippen molar-refractivity contribution < 1.29 is 0 Å². The van der Waals surface area contributed by atoms with Gasteiger partial charge in [0.25, 0.3) is 0 Å². The third kappa shape index (κ3) is 6.84. The van der Waals surface area contributed by atoms with Crippen molar-refractivity contribution in [3.8, 4) is 12.3 Å². The van der Waals surface area contributed by atoms with E-state index in [9.17, 15) is 0 Å². The van der Waals surface area contributed by atoms with E-state index in [1.807, 2.05) is 0 Å². The van der Waals surface area contributed by atoms with Crippen LogP contribution >= 0.6 is 0 Å². The molecule has 0 bridgehead atoms. The van der Waals surface area contributed by atoms with Gasteiger partial charge < -0.3 is 0 Å². The summed E-state index contributed by atoms with van der Waals surface area (Å²) in [7, 11) is 0. The first-order valence-corrected chi connectivity index (χ1v) is 14.9. The van der Waals surface area contributed by atoms with Crippen LogP contribution in [0, 0.1) is 24.2 Å². The highest BCUT2D eigenvalue weighted by Crippen LogP contribution is 2.44. The second-order valence-corrected chi connectivity index (χ2v) is 11.9. The minimum Gasteiger partial charge on any atom is -0.115 e. The van der Waals surface area contributed by atoms with Crippen molar-refractivity contribution in [2.45, 2.75) is 63.7 Å². The summed E-state index contributed by atoms with van der Waals surface area (Å²) in [5.74, 6) is 4.88. The highest BCUT2D eigenvalue weighted by atomic mass is 14.3. The Labute approximate surface area is 242 Å². The maximum Gasteiger partial charge on any atom is 0.0242 e. The standard InChI is InChI=1S/C40H42/c1-5-31-13-15-33(16-14-31)27-34-17-19-36(20-18-34)40(30(4)11-12-32-9-7-6-8-10-32)37-23-21-35(22-24-37)39-26-25-38(28-39)29(2)3/h1,6-10,13-16,21-26,28,34,36,39-40H,2,4,11-12,17-20,27H2,3H3. The van der Waals surface area contributed by atoms with E-state index in [0.717, 1.165) is 36.3 Å². The third-order valence-corrected chi connectivity index (χ3v) is 9.04. The first-order chi connectivity index (χ1) is 19.5. The van der Waals surface area contributed by atoms with Crippen molar-refractivity contribution in [3.63, 3.8) is 0 Å². The molecule has 2 aliphatic carbocycles. The summed E-state index contributed by atoms with van der Waals surface area (Å²) in [5.41, 5.74) is 10.3. The lowest BCUT2D eigenvalue weighted by atomic mass is 9.69. The van der Waals surface area contributed by atoms with Gasteiger partial charge in [0, 0.05) is 17.4 Å². The van der Waals surface area contributed by atoms with Crippen LogP contribution in [0.25, 0.3) is 0 Å². The molecule has 2 aliphatic rings. The molecule has 0 radical (unpaired) electrons. The number of terminal acetylenes is 1. The van der Waals surface area contributed by atoms with Crippen molar-refractivity contribution in [1.82, 2.24) is 0 Å². The summed E-state index contributed by atoms with van der Waals surface area (Å²) >= 11 is 0. The molecule has 202 valence electrons. The lowest BCUT2D eigenvalue weighted by Crippen LogP contribution is -2.23. The predicted molar refractivity (Wildman–Crippen MR) is 171 cm³/mol. The van der Waals surface area contributed by atoms with Crippen LogP contribution in [-0.2, 0) is 12.8 Å². The van der Waals surface area contributed by atoms with Crippen LogP contribution < -0.4 is 0 Å². The number of rotatable bonds is 10. The van der Waals surface area contributed by atoms with E-state index in [1.165, 1.54) is 59.1 Å². The molecule has 0 heterocycles. The highest BCUT2D eigenvalue weighted by molar-refractivity contribution is 5.48. The molecule has 2 unspecified atom stereocenters. The monoisotopic (exact) mass is 522 g/mol. The van der Waals surface area contributed by atoms with Crippen LogP contribution in [-0.4, -0.2) is 0 Å². The van der Waals surface area contributed by atoms with E-state index in [0.29, 0.717) is 17.8 Å². The van der Waals surface area contributed by atoms with E-state index in [1.54, 1.807) is 0 Å². The molecule has 0 amide bonds. The number of hydrogen-bond acceptors (Lipinski definition) is 0. The molecule has 3 aromatic carbocycles. The van der Waals surface area contributed by atoms with E-state index >= 15 is 0 Å². The average Bonchev–Trinajstić information content (AvgIpc) is 3.49. The molecule has 40 heavy (non-hydrogen) atoms. The van der Waals surface area contributed by atoms with Crippen molar-refractivity contribution in [1.29, 1.82) is 0 Å². The second-order valence-electron chi connectivity index (χ2n) is 11.9. The molecule has 0 saturated heterocycles. The Morgan fingerprint density at radius 1 is 0.875 bits per heavy atom. The predicted octanol–water partition coefficient (Wildman–Crippen LogP) is 10.1. The van der Waals surface area contributed by atoms with E-state index in [2.05, 4.69) is 117 Å². The molecular formula is C40H42.